The Morgan fingerprint density at radius 3 is 2.68 bits per heavy atom. The number of methoxy groups -OCH3 is 1. The van der Waals surface area contributed by atoms with E-state index in [9.17, 15) is 9.18 Å². The highest BCUT2D eigenvalue weighted by molar-refractivity contribution is 7.12. The van der Waals surface area contributed by atoms with Gasteiger partial charge in [0.1, 0.15) is 11.6 Å². The fourth-order valence-electron chi connectivity index (χ4n) is 4.01. The summed E-state index contributed by atoms with van der Waals surface area (Å²) in [4.78, 5) is 18.3. The van der Waals surface area contributed by atoms with Crippen molar-refractivity contribution >= 4 is 34.5 Å². The van der Waals surface area contributed by atoms with Crippen molar-refractivity contribution < 1.29 is 13.9 Å². The van der Waals surface area contributed by atoms with Crippen LogP contribution in [0.15, 0.2) is 60.0 Å². The Balaban J connectivity index is 1.50. The first kappa shape index (κ1) is 21.8. The summed E-state index contributed by atoms with van der Waals surface area (Å²) >= 11 is 7.38. The van der Waals surface area contributed by atoms with E-state index >= 15 is 0 Å². The molecule has 1 aromatic heterocycles. The van der Waals surface area contributed by atoms with Crippen LogP contribution in [0.4, 0.5) is 10.1 Å². The third-order valence-electron chi connectivity index (χ3n) is 5.59. The van der Waals surface area contributed by atoms with Gasteiger partial charge in [0.15, 0.2) is 0 Å². The fourth-order valence-corrected chi connectivity index (χ4v) is 4.87. The number of hydrogen-bond donors (Lipinski definition) is 0. The van der Waals surface area contributed by atoms with Crippen LogP contribution in [0.3, 0.4) is 0 Å². The summed E-state index contributed by atoms with van der Waals surface area (Å²) in [6.07, 6.45) is 1.70. The monoisotopic (exact) mass is 458 g/mol. The molecule has 3 aromatic rings. The van der Waals surface area contributed by atoms with Gasteiger partial charge >= 0.3 is 0 Å². The van der Waals surface area contributed by atoms with E-state index in [1.54, 1.807) is 19.2 Å². The van der Waals surface area contributed by atoms with E-state index < -0.39 is 5.82 Å². The maximum atomic E-state index is 13.4. The topological polar surface area (TPSA) is 32.8 Å². The highest BCUT2D eigenvalue weighted by Crippen LogP contribution is 2.30. The van der Waals surface area contributed by atoms with Crippen molar-refractivity contribution in [3.05, 3.63) is 81.3 Å². The third kappa shape index (κ3) is 5.09. The number of likely N-dealkylation sites (tertiary alicyclic amines) is 1. The number of carbonyl (C=O) groups excluding carboxylic acids is 1. The molecule has 7 heteroatoms. The second-order valence-electron chi connectivity index (χ2n) is 7.61. The van der Waals surface area contributed by atoms with Crippen LogP contribution in [0.2, 0.25) is 5.02 Å². The summed E-state index contributed by atoms with van der Waals surface area (Å²) in [5, 5.41) is 2.08. The van der Waals surface area contributed by atoms with E-state index in [-0.39, 0.29) is 17.0 Å². The van der Waals surface area contributed by atoms with Crippen molar-refractivity contribution in [1.82, 2.24) is 4.90 Å². The molecule has 4 nitrogen and oxygen atoms in total. The van der Waals surface area contributed by atoms with Gasteiger partial charge in [0.2, 0.25) is 0 Å². The molecule has 0 spiro atoms. The Morgan fingerprint density at radius 2 is 2.00 bits per heavy atom. The summed E-state index contributed by atoms with van der Waals surface area (Å²) in [5.41, 5.74) is 1.84. The van der Waals surface area contributed by atoms with Crippen LogP contribution in [-0.4, -0.2) is 37.0 Å². The molecule has 0 unspecified atom stereocenters. The SMILES string of the molecule is COc1cccc(N(C(=O)c2cccs2)C2CCN(Cc3ccc(F)c(Cl)c3)CC2)c1. The number of nitrogens with zero attached hydrogens (tertiary/aromatic N) is 2. The van der Waals surface area contributed by atoms with E-state index in [0.29, 0.717) is 6.54 Å². The summed E-state index contributed by atoms with van der Waals surface area (Å²) in [5.74, 6) is 0.351. The fraction of sp³-hybridized carbons (Fsp3) is 0.292. The van der Waals surface area contributed by atoms with Crippen molar-refractivity contribution in [2.24, 2.45) is 0 Å². The van der Waals surface area contributed by atoms with Gasteiger partial charge in [-0.2, -0.15) is 0 Å². The molecule has 1 amide bonds. The summed E-state index contributed by atoms with van der Waals surface area (Å²) in [6.45, 7) is 2.40. The number of rotatable bonds is 6. The number of amides is 1. The zero-order chi connectivity index (χ0) is 21.8. The number of anilines is 1. The van der Waals surface area contributed by atoms with E-state index in [1.807, 2.05) is 46.7 Å². The average molecular weight is 459 g/mol. The van der Waals surface area contributed by atoms with Gasteiger partial charge in [0, 0.05) is 37.4 Å². The lowest BCUT2D eigenvalue weighted by molar-refractivity contribution is 0.0962. The molecule has 0 bridgehead atoms. The highest BCUT2D eigenvalue weighted by atomic mass is 35.5. The zero-order valence-electron chi connectivity index (χ0n) is 17.3. The second kappa shape index (κ2) is 9.81. The van der Waals surface area contributed by atoms with E-state index in [0.717, 1.165) is 47.8 Å². The number of benzene rings is 2. The maximum Gasteiger partial charge on any atom is 0.268 e. The Bertz CT molecular complexity index is 1040. The average Bonchev–Trinajstić information content (AvgIpc) is 3.33. The zero-order valence-corrected chi connectivity index (χ0v) is 18.8. The quantitative estimate of drug-likeness (QED) is 0.463. The molecule has 0 aliphatic carbocycles. The van der Waals surface area contributed by atoms with Crippen molar-refractivity contribution in [3.63, 3.8) is 0 Å². The van der Waals surface area contributed by atoms with Gasteiger partial charge in [0.05, 0.1) is 17.0 Å². The van der Waals surface area contributed by atoms with Crippen molar-refractivity contribution in [1.29, 1.82) is 0 Å². The highest BCUT2D eigenvalue weighted by Gasteiger charge is 2.30. The van der Waals surface area contributed by atoms with Gasteiger partial charge in [-0.05, 0) is 54.1 Å². The third-order valence-corrected chi connectivity index (χ3v) is 6.74. The van der Waals surface area contributed by atoms with Gasteiger partial charge in [0.25, 0.3) is 5.91 Å². The molecule has 31 heavy (non-hydrogen) atoms. The predicted octanol–water partition coefficient (Wildman–Crippen LogP) is 5.86. The Morgan fingerprint density at radius 1 is 1.19 bits per heavy atom. The van der Waals surface area contributed by atoms with Crippen LogP contribution in [-0.2, 0) is 6.54 Å². The minimum atomic E-state index is -0.398. The minimum Gasteiger partial charge on any atom is -0.497 e. The van der Waals surface area contributed by atoms with E-state index in [4.69, 9.17) is 16.3 Å². The minimum absolute atomic E-state index is 0.0204. The molecule has 1 fully saturated rings. The van der Waals surface area contributed by atoms with Crippen LogP contribution in [0.25, 0.3) is 0 Å². The first-order valence-corrected chi connectivity index (χ1v) is 11.5. The van der Waals surface area contributed by atoms with Crippen molar-refractivity contribution in [3.8, 4) is 5.75 Å². The standard InChI is InChI=1S/C24H24ClFN2O2S/c1-30-20-5-2-4-19(15-20)28(24(29)23-6-3-13-31-23)18-9-11-27(12-10-18)16-17-7-8-22(26)21(25)14-17/h2-8,13-15,18H,9-12,16H2,1H3. The molecular formula is C24H24ClFN2O2S. The molecule has 0 atom stereocenters. The molecule has 0 radical (unpaired) electrons. The Hall–Kier alpha value is -2.41. The molecule has 1 saturated heterocycles. The lowest BCUT2D eigenvalue weighted by Gasteiger charge is -2.38. The molecule has 0 N–H and O–H groups in total. The molecular weight excluding hydrogens is 435 g/mol. The number of piperidine rings is 1. The van der Waals surface area contributed by atoms with Crippen molar-refractivity contribution in [2.45, 2.75) is 25.4 Å². The second-order valence-corrected chi connectivity index (χ2v) is 8.96. The predicted molar refractivity (Wildman–Crippen MR) is 124 cm³/mol. The summed E-state index contributed by atoms with van der Waals surface area (Å²) < 4.78 is 18.8. The van der Waals surface area contributed by atoms with Crippen LogP contribution < -0.4 is 9.64 Å². The largest absolute Gasteiger partial charge is 0.497 e. The van der Waals surface area contributed by atoms with E-state index in [1.165, 1.54) is 17.4 Å². The number of ether oxygens (including phenoxy) is 1. The van der Waals surface area contributed by atoms with Gasteiger partial charge in [-0.15, -0.1) is 11.3 Å². The Labute approximate surface area is 190 Å². The number of halogens is 2. The summed E-state index contributed by atoms with van der Waals surface area (Å²) in [7, 11) is 1.63. The molecule has 2 aromatic carbocycles. The van der Waals surface area contributed by atoms with Crippen LogP contribution in [0.1, 0.15) is 28.1 Å². The Kier molecular flexibility index (Phi) is 6.90. The van der Waals surface area contributed by atoms with Crippen molar-refractivity contribution in [2.75, 3.05) is 25.1 Å². The number of carbonyl (C=O) groups is 1. The molecule has 1 aliphatic heterocycles. The number of hydrogen-bond acceptors (Lipinski definition) is 4. The van der Waals surface area contributed by atoms with Crippen LogP contribution in [0.5, 0.6) is 5.75 Å². The normalized spacial score (nSPS) is 15.1. The molecule has 0 saturated carbocycles. The van der Waals surface area contributed by atoms with Gasteiger partial charge in [-0.1, -0.05) is 29.8 Å². The van der Waals surface area contributed by atoms with Gasteiger partial charge in [-0.3, -0.25) is 9.69 Å². The summed E-state index contributed by atoms with van der Waals surface area (Å²) in [6, 6.07) is 16.4. The maximum absolute atomic E-state index is 13.4. The first-order valence-electron chi connectivity index (χ1n) is 10.2. The smallest absolute Gasteiger partial charge is 0.268 e. The molecule has 162 valence electrons. The van der Waals surface area contributed by atoms with Crippen LogP contribution in [0, 0.1) is 5.82 Å². The first-order chi connectivity index (χ1) is 15.0. The van der Waals surface area contributed by atoms with E-state index in [2.05, 4.69) is 4.90 Å². The van der Waals surface area contributed by atoms with Gasteiger partial charge < -0.3 is 9.64 Å². The van der Waals surface area contributed by atoms with Crippen LogP contribution >= 0.6 is 22.9 Å². The number of thiophene rings is 1. The lowest BCUT2D eigenvalue weighted by atomic mass is 10.0. The molecule has 4 rings (SSSR count). The molecule has 2 heterocycles. The molecule has 1 aliphatic rings. The lowest BCUT2D eigenvalue weighted by Crippen LogP contribution is -2.47. The van der Waals surface area contributed by atoms with Gasteiger partial charge in [-0.25, -0.2) is 4.39 Å².